The van der Waals surface area contributed by atoms with Gasteiger partial charge < -0.3 is 14.8 Å². The molecule has 1 rings (SSSR count). The molecule has 0 heterocycles. The van der Waals surface area contributed by atoms with Gasteiger partial charge >= 0.3 is 0 Å². The Labute approximate surface area is 125 Å². The van der Waals surface area contributed by atoms with Gasteiger partial charge in [-0.3, -0.25) is 4.79 Å². The van der Waals surface area contributed by atoms with Crippen LogP contribution in [0.15, 0.2) is 18.2 Å². The monoisotopic (exact) mass is 315 g/mol. The number of hydrogen-bond acceptors (Lipinski definition) is 5. The van der Waals surface area contributed by atoms with E-state index in [1.54, 1.807) is 39.3 Å². The highest BCUT2D eigenvalue weighted by Crippen LogP contribution is 2.29. The molecule has 0 saturated carbocycles. The normalized spacial score (nSPS) is 12.6. The Balaban J connectivity index is 2.78. The molecule has 0 fully saturated rings. The first-order chi connectivity index (χ1) is 9.76. The van der Waals surface area contributed by atoms with E-state index in [-0.39, 0.29) is 24.1 Å². The number of carbonyl (C=O) groups excluding carboxylic acids is 1. The fourth-order valence-corrected chi connectivity index (χ4v) is 2.40. The van der Waals surface area contributed by atoms with Crippen molar-refractivity contribution in [3.8, 4) is 11.5 Å². The van der Waals surface area contributed by atoms with Crippen molar-refractivity contribution >= 4 is 15.7 Å². The summed E-state index contributed by atoms with van der Waals surface area (Å²) >= 11 is 0. The van der Waals surface area contributed by atoms with E-state index < -0.39 is 9.84 Å². The summed E-state index contributed by atoms with van der Waals surface area (Å²) in [6.07, 6.45) is 1.05. The van der Waals surface area contributed by atoms with Gasteiger partial charge in [-0.25, -0.2) is 8.42 Å². The average molecular weight is 315 g/mol. The largest absolute Gasteiger partial charge is 0.497 e. The van der Waals surface area contributed by atoms with Gasteiger partial charge in [0, 0.05) is 18.2 Å². The summed E-state index contributed by atoms with van der Waals surface area (Å²) in [6, 6.07) is 4.98. The van der Waals surface area contributed by atoms with E-state index in [9.17, 15) is 13.2 Å². The zero-order valence-corrected chi connectivity index (χ0v) is 13.5. The highest BCUT2D eigenvalue weighted by Gasteiger charge is 2.16. The third-order valence-corrected chi connectivity index (χ3v) is 3.93. The summed E-state index contributed by atoms with van der Waals surface area (Å²) in [7, 11) is -0.0470. The number of methoxy groups -OCH3 is 2. The zero-order valence-electron chi connectivity index (χ0n) is 12.7. The van der Waals surface area contributed by atoms with Crippen LogP contribution in [0.5, 0.6) is 11.5 Å². The Morgan fingerprint density at radius 1 is 1.29 bits per heavy atom. The van der Waals surface area contributed by atoms with Gasteiger partial charge in [-0.05, 0) is 25.1 Å². The molecule has 0 radical (unpaired) electrons. The third kappa shape index (κ3) is 5.63. The Kier molecular flexibility index (Phi) is 6.02. The summed E-state index contributed by atoms with van der Waals surface area (Å²) in [5, 5.41) is 2.76. The second kappa shape index (κ2) is 7.31. The number of carbonyl (C=O) groups is 1. The molecule has 1 N–H and O–H groups in total. The predicted molar refractivity (Wildman–Crippen MR) is 80.4 cm³/mol. The van der Waals surface area contributed by atoms with Crippen LogP contribution in [0.25, 0.3) is 0 Å². The van der Waals surface area contributed by atoms with Gasteiger partial charge in [0.15, 0.2) is 0 Å². The third-order valence-electron chi connectivity index (χ3n) is 2.98. The van der Waals surface area contributed by atoms with Crippen LogP contribution < -0.4 is 14.8 Å². The van der Waals surface area contributed by atoms with E-state index in [0.29, 0.717) is 11.5 Å². The molecule has 7 heteroatoms. The van der Waals surface area contributed by atoms with Crippen molar-refractivity contribution in [2.24, 2.45) is 0 Å². The Morgan fingerprint density at radius 3 is 2.48 bits per heavy atom. The van der Waals surface area contributed by atoms with Gasteiger partial charge in [0.05, 0.1) is 26.0 Å². The lowest BCUT2D eigenvalue weighted by Crippen LogP contribution is -2.28. The molecule has 6 nitrogen and oxygen atoms in total. The second-order valence-electron chi connectivity index (χ2n) is 4.78. The maximum Gasteiger partial charge on any atom is 0.221 e. The molecule has 0 aliphatic rings. The summed E-state index contributed by atoms with van der Waals surface area (Å²) in [4.78, 5) is 11.8. The summed E-state index contributed by atoms with van der Waals surface area (Å²) in [5.74, 6) is 0.799. The van der Waals surface area contributed by atoms with Gasteiger partial charge in [0.2, 0.25) is 5.91 Å². The lowest BCUT2D eigenvalue weighted by molar-refractivity contribution is -0.121. The first-order valence-corrected chi connectivity index (χ1v) is 8.52. The van der Waals surface area contributed by atoms with Gasteiger partial charge in [-0.2, -0.15) is 0 Å². The minimum Gasteiger partial charge on any atom is -0.497 e. The van der Waals surface area contributed by atoms with Gasteiger partial charge in [-0.15, -0.1) is 0 Å². The molecule has 1 aromatic rings. The standard InChI is InChI=1S/C14H21NO5S/c1-10(15-14(16)7-8-21(4,17)18)12-9-11(19-2)5-6-13(12)20-3/h5-6,9-10H,7-8H2,1-4H3,(H,15,16). The topological polar surface area (TPSA) is 81.7 Å². The molecule has 0 aromatic heterocycles. The molecule has 0 saturated heterocycles. The molecule has 1 aromatic carbocycles. The van der Waals surface area contributed by atoms with E-state index in [2.05, 4.69) is 5.32 Å². The second-order valence-corrected chi connectivity index (χ2v) is 7.04. The highest BCUT2D eigenvalue weighted by molar-refractivity contribution is 7.90. The highest BCUT2D eigenvalue weighted by atomic mass is 32.2. The smallest absolute Gasteiger partial charge is 0.221 e. The number of hydrogen-bond donors (Lipinski definition) is 1. The summed E-state index contributed by atoms with van der Waals surface area (Å²) in [6.45, 7) is 1.80. The van der Waals surface area contributed by atoms with E-state index in [1.807, 2.05) is 0 Å². The van der Waals surface area contributed by atoms with Crippen molar-refractivity contribution in [2.45, 2.75) is 19.4 Å². The first kappa shape index (κ1) is 17.3. The number of rotatable bonds is 7. The van der Waals surface area contributed by atoms with Crippen LogP contribution in [0.4, 0.5) is 0 Å². The number of amides is 1. The molecule has 21 heavy (non-hydrogen) atoms. The minimum absolute atomic E-state index is 0.0601. The Morgan fingerprint density at radius 2 is 1.95 bits per heavy atom. The summed E-state index contributed by atoms with van der Waals surface area (Å²) in [5.41, 5.74) is 0.768. The lowest BCUT2D eigenvalue weighted by atomic mass is 10.1. The van der Waals surface area contributed by atoms with Crippen LogP contribution >= 0.6 is 0 Å². The van der Waals surface area contributed by atoms with Crippen LogP contribution in [-0.4, -0.2) is 40.6 Å². The number of benzene rings is 1. The number of ether oxygens (including phenoxy) is 2. The minimum atomic E-state index is -3.15. The molecule has 1 unspecified atom stereocenters. The fraction of sp³-hybridized carbons (Fsp3) is 0.500. The van der Waals surface area contributed by atoms with Crippen LogP contribution in [0.2, 0.25) is 0 Å². The first-order valence-electron chi connectivity index (χ1n) is 6.46. The molecular formula is C14H21NO5S. The van der Waals surface area contributed by atoms with Crippen LogP contribution in [0, 0.1) is 0 Å². The molecule has 1 amide bonds. The lowest BCUT2D eigenvalue weighted by Gasteiger charge is -2.18. The molecule has 0 aliphatic carbocycles. The molecule has 118 valence electrons. The molecular weight excluding hydrogens is 294 g/mol. The quantitative estimate of drug-likeness (QED) is 0.820. The van der Waals surface area contributed by atoms with Crippen molar-refractivity contribution in [1.82, 2.24) is 5.32 Å². The van der Waals surface area contributed by atoms with Gasteiger partial charge in [0.25, 0.3) is 0 Å². The van der Waals surface area contributed by atoms with Crippen molar-refractivity contribution in [2.75, 3.05) is 26.2 Å². The van der Waals surface area contributed by atoms with Crippen molar-refractivity contribution in [3.05, 3.63) is 23.8 Å². The summed E-state index contributed by atoms with van der Waals surface area (Å²) < 4.78 is 32.5. The molecule has 0 spiro atoms. The van der Waals surface area contributed by atoms with Crippen molar-refractivity contribution < 1.29 is 22.7 Å². The Hall–Kier alpha value is -1.76. The average Bonchev–Trinajstić information content (AvgIpc) is 2.43. The van der Waals surface area contributed by atoms with Crippen LogP contribution in [0.1, 0.15) is 24.9 Å². The zero-order chi connectivity index (χ0) is 16.0. The number of sulfone groups is 1. The van der Waals surface area contributed by atoms with Crippen LogP contribution in [0.3, 0.4) is 0 Å². The fourth-order valence-electron chi connectivity index (χ4n) is 1.85. The molecule has 0 aliphatic heterocycles. The molecule has 0 bridgehead atoms. The SMILES string of the molecule is COc1ccc(OC)c(C(C)NC(=O)CCS(C)(=O)=O)c1. The Bertz CT molecular complexity index is 597. The van der Waals surface area contributed by atoms with Crippen LogP contribution in [-0.2, 0) is 14.6 Å². The maximum absolute atomic E-state index is 11.8. The number of nitrogens with one attached hydrogen (secondary N) is 1. The van der Waals surface area contributed by atoms with E-state index in [4.69, 9.17) is 9.47 Å². The molecule has 1 atom stereocenters. The van der Waals surface area contributed by atoms with Crippen molar-refractivity contribution in [3.63, 3.8) is 0 Å². The van der Waals surface area contributed by atoms with Crippen molar-refractivity contribution in [1.29, 1.82) is 0 Å². The van der Waals surface area contributed by atoms with E-state index in [0.717, 1.165) is 11.8 Å². The predicted octanol–water partition coefficient (Wildman–Crippen LogP) is 1.32. The van der Waals surface area contributed by atoms with Gasteiger partial charge in [-0.1, -0.05) is 0 Å². The van der Waals surface area contributed by atoms with Gasteiger partial charge in [0.1, 0.15) is 21.3 Å². The maximum atomic E-state index is 11.8. The van der Waals surface area contributed by atoms with E-state index in [1.165, 1.54) is 0 Å². The van der Waals surface area contributed by atoms with E-state index >= 15 is 0 Å².